The van der Waals surface area contributed by atoms with E-state index < -0.39 is 10.9 Å². The molecule has 0 saturated heterocycles. The number of nitro benzene ring substituents is 1. The van der Waals surface area contributed by atoms with Crippen molar-refractivity contribution in [1.29, 1.82) is 0 Å². The number of anilines is 2. The minimum absolute atomic E-state index is 0.0521. The lowest BCUT2D eigenvalue weighted by Gasteiger charge is -2.08. The topological polar surface area (TPSA) is 177 Å². The van der Waals surface area contributed by atoms with Crippen LogP contribution in [0, 0.1) is 10.1 Å². The fourth-order valence-electron chi connectivity index (χ4n) is 1.77. The van der Waals surface area contributed by atoms with E-state index in [0.29, 0.717) is 0 Å². The molecule has 0 unspecified atom stereocenters. The van der Waals surface area contributed by atoms with Crippen LogP contribution in [0.5, 0.6) is 5.75 Å². The molecular weight excluding hydrogens is 342 g/mol. The van der Waals surface area contributed by atoms with Crippen LogP contribution in [0.2, 0.25) is 5.02 Å². The van der Waals surface area contributed by atoms with Gasteiger partial charge in [0.15, 0.2) is 0 Å². The van der Waals surface area contributed by atoms with Gasteiger partial charge in [0.05, 0.1) is 26.9 Å². The molecule has 0 bridgehead atoms. The van der Waals surface area contributed by atoms with Crippen molar-refractivity contribution in [2.24, 2.45) is 10.2 Å². The number of nitrogen functional groups attached to an aromatic ring is 2. The van der Waals surface area contributed by atoms with Crippen molar-refractivity contribution in [3.05, 3.63) is 45.0 Å². The zero-order valence-electron chi connectivity index (χ0n) is 11.8. The molecule has 0 amide bonds. The third-order valence-electron chi connectivity index (χ3n) is 2.96. The van der Waals surface area contributed by atoms with Crippen LogP contribution >= 0.6 is 11.6 Å². The first-order valence-corrected chi connectivity index (χ1v) is 6.60. The monoisotopic (exact) mass is 351 g/mol. The number of carboxylic acid groups (broad SMARTS) is 1. The zero-order chi connectivity index (χ0) is 18.0. The number of nitrogens with two attached hydrogens (primary N) is 2. The molecule has 0 aliphatic carbocycles. The quantitative estimate of drug-likeness (QED) is 0.282. The predicted octanol–water partition coefficient (Wildman–Crippen LogP) is 3.23. The van der Waals surface area contributed by atoms with E-state index >= 15 is 0 Å². The Morgan fingerprint density at radius 1 is 1.25 bits per heavy atom. The summed E-state index contributed by atoms with van der Waals surface area (Å²) in [5.41, 5.74) is 9.77. The van der Waals surface area contributed by atoms with Gasteiger partial charge in [0, 0.05) is 12.1 Å². The van der Waals surface area contributed by atoms with Crippen LogP contribution in [0.15, 0.2) is 34.5 Å². The maximum atomic E-state index is 11.3. The van der Waals surface area contributed by atoms with Crippen LogP contribution in [0.3, 0.4) is 0 Å². The van der Waals surface area contributed by atoms with E-state index in [9.17, 15) is 25.1 Å². The van der Waals surface area contributed by atoms with Gasteiger partial charge in [-0.15, -0.1) is 10.2 Å². The number of hydrogen-bond acceptors (Lipinski definition) is 8. The summed E-state index contributed by atoms with van der Waals surface area (Å²) in [5, 5.41) is 36.8. The van der Waals surface area contributed by atoms with Crippen LogP contribution in [0.25, 0.3) is 0 Å². The molecule has 0 aromatic heterocycles. The van der Waals surface area contributed by atoms with Crippen LogP contribution in [0.4, 0.5) is 28.4 Å². The number of azo groups is 1. The van der Waals surface area contributed by atoms with Crippen LogP contribution < -0.4 is 11.5 Å². The number of hydrogen-bond donors (Lipinski definition) is 4. The van der Waals surface area contributed by atoms with E-state index in [0.717, 1.165) is 24.3 Å². The molecule has 2 rings (SSSR count). The number of benzene rings is 2. The normalized spacial score (nSPS) is 10.9. The third kappa shape index (κ3) is 3.17. The van der Waals surface area contributed by atoms with Gasteiger partial charge in [0.2, 0.25) is 0 Å². The summed E-state index contributed by atoms with van der Waals surface area (Å²) in [7, 11) is 0. The number of aromatic hydroxyl groups is 1. The summed E-state index contributed by atoms with van der Waals surface area (Å²) in [5.74, 6) is -1.76. The maximum absolute atomic E-state index is 11.3. The van der Waals surface area contributed by atoms with Crippen LogP contribution in [-0.2, 0) is 0 Å². The molecule has 124 valence electrons. The van der Waals surface area contributed by atoms with Crippen molar-refractivity contribution >= 4 is 46.0 Å². The standard InChI is InChI=1S/C13H10ClN5O5/c14-10-7(15)4-6(13(21)22)12(11(10)16)18-17-8-3-5(19(23)24)1-2-9(8)20/h1-4,20H,15-16H2,(H,21,22). The molecule has 0 heterocycles. The molecular formula is C13H10ClN5O5. The number of aromatic carboxylic acids is 1. The molecule has 0 atom stereocenters. The highest BCUT2D eigenvalue weighted by atomic mass is 35.5. The first-order valence-electron chi connectivity index (χ1n) is 6.22. The minimum atomic E-state index is -1.37. The third-order valence-corrected chi connectivity index (χ3v) is 3.38. The molecule has 2 aromatic rings. The summed E-state index contributed by atoms with van der Waals surface area (Å²) >= 11 is 5.86. The van der Waals surface area contributed by atoms with Crippen molar-refractivity contribution in [3.63, 3.8) is 0 Å². The average Bonchev–Trinajstić information content (AvgIpc) is 2.52. The lowest BCUT2D eigenvalue weighted by Crippen LogP contribution is -2.02. The molecule has 0 spiro atoms. The number of halogens is 1. The van der Waals surface area contributed by atoms with Crippen LogP contribution in [-0.4, -0.2) is 21.1 Å². The summed E-state index contributed by atoms with van der Waals surface area (Å²) in [6.07, 6.45) is 0. The van der Waals surface area contributed by atoms with Gasteiger partial charge in [-0.25, -0.2) is 4.79 Å². The maximum Gasteiger partial charge on any atom is 0.338 e. The first kappa shape index (κ1) is 17.0. The Hall–Kier alpha value is -3.40. The Balaban J connectivity index is 2.57. The van der Waals surface area contributed by atoms with E-state index in [1.807, 2.05) is 0 Å². The van der Waals surface area contributed by atoms with E-state index in [4.69, 9.17) is 23.1 Å². The Morgan fingerprint density at radius 3 is 2.50 bits per heavy atom. The number of non-ortho nitro benzene ring substituents is 1. The molecule has 2 aromatic carbocycles. The Labute approximate surface area is 139 Å². The zero-order valence-corrected chi connectivity index (χ0v) is 12.6. The molecule has 6 N–H and O–H groups in total. The van der Waals surface area contributed by atoms with E-state index in [2.05, 4.69) is 10.2 Å². The molecule has 0 fully saturated rings. The number of phenols is 1. The Morgan fingerprint density at radius 2 is 1.92 bits per heavy atom. The highest BCUT2D eigenvalue weighted by Crippen LogP contribution is 2.39. The summed E-state index contributed by atoms with van der Waals surface area (Å²) in [6.45, 7) is 0. The average molecular weight is 352 g/mol. The predicted molar refractivity (Wildman–Crippen MR) is 86.2 cm³/mol. The number of phenolic OH excluding ortho intramolecular Hbond substituents is 1. The van der Waals surface area contributed by atoms with E-state index in [1.165, 1.54) is 0 Å². The summed E-state index contributed by atoms with van der Waals surface area (Å²) < 4.78 is 0. The lowest BCUT2D eigenvalue weighted by molar-refractivity contribution is -0.384. The van der Waals surface area contributed by atoms with Gasteiger partial charge in [-0.1, -0.05) is 11.6 Å². The van der Waals surface area contributed by atoms with E-state index in [1.54, 1.807) is 0 Å². The number of nitro groups is 1. The van der Waals surface area contributed by atoms with Gasteiger partial charge in [-0.3, -0.25) is 10.1 Å². The van der Waals surface area contributed by atoms with Crippen molar-refractivity contribution in [1.82, 2.24) is 0 Å². The molecule has 0 aliphatic rings. The highest BCUT2D eigenvalue weighted by Gasteiger charge is 2.19. The Kier molecular flexibility index (Phi) is 4.51. The highest BCUT2D eigenvalue weighted by molar-refractivity contribution is 6.36. The second-order valence-electron chi connectivity index (χ2n) is 4.52. The number of carbonyl (C=O) groups is 1. The smallest absolute Gasteiger partial charge is 0.338 e. The molecule has 0 saturated carbocycles. The fraction of sp³-hybridized carbons (Fsp3) is 0. The van der Waals surface area contributed by atoms with Crippen molar-refractivity contribution in [3.8, 4) is 5.75 Å². The van der Waals surface area contributed by atoms with Gasteiger partial charge in [0.25, 0.3) is 5.69 Å². The second kappa shape index (κ2) is 6.38. The fourth-order valence-corrected chi connectivity index (χ4v) is 1.92. The first-order chi connectivity index (χ1) is 11.2. The van der Waals surface area contributed by atoms with Gasteiger partial charge < -0.3 is 21.7 Å². The van der Waals surface area contributed by atoms with E-state index in [-0.39, 0.29) is 44.8 Å². The molecule has 24 heavy (non-hydrogen) atoms. The minimum Gasteiger partial charge on any atom is -0.506 e. The van der Waals surface area contributed by atoms with Crippen molar-refractivity contribution in [2.75, 3.05) is 11.5 Å². The largest absolute Gasteiger partial charge is 0.506 e. The molecule has 10 nitrogen and oxygen atoms in total. The molecule has 0 aliphatic heterocycles. The number of nitrogens with zero attached hydrogens (tertiary/aromatic N) is 3. The summed E-state index contributed by atoms with van der Waals surface area (Å²) in [4.78, 5) is 21.3. The molecule has 11 heteroatoms. The lowest BCUT2D eigenvalue weighted by atomic mass is 10.1. The van der Waals surface area contributed by atoms with Crippen LogP contribution in [0.1, 0.15) is 10.4 Å². The van der Waals surface area contributed by atoms with Gasteiger partial charge in [-0.2, -0.15) is 0 Å². The molecule has 0 radical (unpaired) electrons. The summed E-state index contributed by atoms with van der Waals surface area (Å²) in [6, 6.07) is 4.16. The van der Waals surface area contributed by atoms with Gasteiger partial charge >= 0.3 is 5.97 Å². The van der Waals surface area contributed by atoms with Crippen molar-refractivity contribution in [2.45, 2.75) is 0 Å². The van der Waals surface area contributed by atoms with Gasteiger partial charge in [-0.05, 0) is 12.1 Å². The Bertz CT molecular complexity index is 884. The SMILES string of the molecule is Nc1cc(C(=O)O)c(N=Nc2cc([N+](=O)[O-])ccc2O)c(N)c1Cl. The van der Waals surface area contributed by atoms with Crippen molar-refractivity contribution < 1.29 is 19.9 Å². The second-order valence-corrected chi connectivity index (χ2v) is 4.90. The number of carboxylic acids is 1. The van der Waals surface area contributed by atoms with Gasteiger partial charge in [0.1, 0.15) is 17.1 Å². The number of rotatable bonds is 4.